The zero-order valence-corrected chi connectivity index (χ0v) is 32.0. The molecule has 4 atom stereocenters. The van der Waals surface area contributed by atoms with E-state index in [1.807, 2.05) is 69.3 Å². The van der Waals surface area contributed by atoms with Gasteiger partial charge in [-0.25, -0.2) is 9.78 Å². The average Bonchev–Trinajstić information content (AvgIpc) is 3.76. The molecule has 0 unspecified atom stereocenters. The van der Waals surface area contributed by atoms with E-state index >= 15 is 0 Å². The van der Waals surface area contributed by atoms with Crippen LogP contribution in [-0.4, -0.2) is 92.1 Å². The number of nitrogens with two attached hydrogens (primary N) is 1. The second-order valence-corrected chi connectivity index (χ2v) is 15.9. The number of para-hydroxylation sites is 1. The fourth-order valence-corrected chi connectivity index (χ4v) is 7.81. The monoisotopic (exact) mass is 756 g/mol. The maximum absolute atomic E-state index is 14.1. The summed E-state index contributed by atoms with van der Waals surface area (Å²) < 4.78 is 5.82. The third-order valence-electron chi connectivity index (χ3n) is 10.1. The van der Waals surface area contributed by atoms with E-state index in [4.69, 9.17) is 10.5 Å². The number of phenolic OH excluding ortho intramolecular Hbond substituents is 1. The lowest BCUT2D eigenvalue weighted by molar-refractivity contribution is -0.142. The van der Waals surface area contributed by atoms with Gasteiger partial charge in [0.1, 0.15) is 23.9 Å². The molecule has 3 amide bonds. The standard InChI is InChI=1S/C39H48N8O6S/c1-22(24-10-12-25(13-11-24)33-23(2)41-21-54-33)42-36(50)31-18-26(48)20-47(31)37(51)34(39(3,4)5)43-38(52)53-27-14-16-46(17-15-27)30-19-29(44-45-35(30)40)28-8-6-7-9-32(28)49/h6-13,19,21-22,26-27,31,34,48-49H,14-18,20H2,1-5H3,(H2,40,45)(H,42,50)(H,43,52)/t22-,26+,31-,34+/m0/s1. The molecule has 14 nitrogen and oxygen atoms in total. The summed E-state index contributed by atoms with van der Waals surface area (Å²) in [7, 11) is 0. The number of anilines is 2. The zero-order valence-electron chi connectivity index (χ0n) is 31.2. The van der Waals surface area contributed by atoms with E-state index in [1.54, 1.807) is 41.7 Å². The molecule has 4 aromatic rings. The first-order chi connectivity index (χ1) is 25.7. The average molecular weight is 757 g/mol. The molecule has 2 aromatic heterocycles. The summed E-state index contributed by atoms with van der Waals surface area (Å²) in [5.41, 5.74) is 11.9. The number of hydrogen-bond donors (Lipinski definition) is 5. The number of amides is 3. The van der Waals surface area contributed by atoms with E-state index in [9.17, 15) is 24.6 Å². The van der Waals surface area contributed by atoms with Crippen LogP contribution < -0.4 is 21.3 Å². The number of carbonyl (C=O) groups is 3. The van der Waals surface area contributed by atoms with E-state index in [0.717, 1.165) is 21.7 Å². The van der Waals surface area contributed by atoms with Crippen LogP contribution in [0.3, 0.4) is 0 Å². The maximum atomic E-state index is 14.1. The first-order valence-electron chi connectivity index (χ1n) is 18.1. The van der Waals surface area contributed by atoms with Gasteiger partial charge in [0.2, 0.25) is 11.8 Å². The van der Waals surface area contributed by atoms with E-state index in [2.05, 4.69) is 25.8 Å². The lowest BCUT2D eigenvalue weighted by Crippen LogP contribution is -2.58. The third-order valence-corrected chi connectivity index (χ3v) is 11.0. The number of alkyl carbamates (subject to hydrolysis) is 1. The number of thiazole rings is 1. The number of rotatable bonds is 9. The highest BCUT2D eigenvalue weighted by Gasteiger charge is 2.45. The summed E-state index contributed by atoms with van der Waals surface area (Å²) in [5, 5.41) is 35.0. The van der Waals surface area contributed by atoms with Crippen LogP contribution in [0.5, 0.6) is 5.75 Å². The molecule has 0 spiro atoms. The van der Waals surface area contributed by atoms with Gasteiger partial charge in [-0.15, -0.1) is 21.5 Å². The summed E-state index contributed by atoms with van der Waals surface area (Å²) in [6, 6.07) is 14.3. The zero-order chi connectivity index (χ0) is 38.7. The van der Waals surface area contributed by atoms with Crippen molar-refractivity contribution in [3.63, 3.8) is 0 Å². The number of benzene rings is 2. The number of phenols is 1. The van der Waals surface area contributed by atoms with Gasteiger partial charge in [-0.2, -0.15) is 0 Å². The molecule has 2 aromatic carbocycles. The maximum Gasteiger partial charge on any atom is 0.408 e. The fraction of sp³-hybridized carbons (Fsp3) is 0.436. The highest BCUT2D eigenvalue weighted by molar-refractivity contribution is 7.13. The number of piperidine rings is 1. The van der Waals surface area contributed by atoms with E-state index in [1.165, 1.54) is 4.90 Å². The Morgan fingerprint density at radius 2 is 1.74 bits per heavy atom. The van der Waals surface area contributed by atoms with Gasteiger partial charge in [0.25, 0.3) is 0 Å². The minimum absolute atomic E-state index is 0.0332. The van der Waals surface area contributed by atoms with Gasteiger partial charge >= 0.3 is 6.09 Å². The van der Waals surface area contributed by atoms with Crippen molar-refractivity contribution in [3.8, 4) is 27.4 Å². The molecule has 0 bridgehead atoms. The molecule has 4 heterocycles. The summed E-state index contributed by atoms with van der Waals surface area (Å²) in [5.74, 6) is -0.511. The molecule has 2 aliphatic heterocycles. The van der Waals surface area contributed by atoms with Gasteiger partial charge in [-0.05, 0) is 48.6 Å². The summed E-state index contributed by atoms with van der Waals surface area (Å²) in [6.07, 6.45) is -0.958. The van der Waals surface area contributed by atoms with Crippen LogP contribution in [0.2, 0.25) is 0 Å². The summed E-state index contributed by atoms with van der Waals surface area (Å²) in [4.78, 5) is 49.9. The molecular formula is C39H48N8O6S. The molecule has 0 radical (unpaired) electrons. The number of aryl methyl sites for hydroxylation is 1. The largest absolute Gasteiger partial charge is 0.507 e. The summed E-state index contributed by atoms with van der Waals surface area (Å²) >= 11 is 1.57. The van der Waals surface area contributed by atoms with Gasteiger partial charge < -0.3 is 41.1 Å². The molecule has 2 fully saturated rings. The second-order valence-electron chi connectivity index (χ2n) is 15.1. The van der Waals surface area contributed by atoms with Crippen LogP contribution in [0.15, 0.2) is 60.1 Å². The van der Waals surface area contributed by atoms with Crippen molar-refractivity contribution in [2.75, 3.05) is 30.3 Å². The minimum Gasteiger partial charge on any atom is -0.507 e. The Morgan fingerprint density at radius 3 is 2.39 bits per heavy atom. The van der Waals surface area contributed by atoms with Crippen molar-refractivity contribution in [3.05, 3.63) is 71.4 Å². The van der Waals surface area contributed by atoms with Gasteiger partial charge in [0, 0.05) is 44.5 Å². The lowest BCUT2D eigenvalue weighted by Gasteiger charge is -2.36. The van der Waals surface area contributed by atoms with Crippen molar-refractivity contribution in [2.45, 2.75) is 84.2 Å². The molecule has 2 aliphatic rings. The normalized spacial score (nSPS) is 18.9. The molecule has 6 N–H and O–H groups in total. The van der Waals surface area contributed by atoms with Crippen LogP contribution in [0.25, 0.3) is 21.7 Å². The smallest absolute Gasteiger partial charge is 0.408 e. The Labute approximate surface area is 318 Å². The number of aliphatic hydroxyl groups excluding tert-OH is 1. The second kappa shape index (κ2) is 16.0. The molecule has 6 rings (SSSR count). The van der Waals surface area contributed by atoms with Crippen molar-refractivity contribution in [1.82, 2.24) is 30.7 Å². The molecular weight excluding hydrogens is 709 g/mol. The number of β-amino-alcohol motifs (C(OH)–C–C–N with tert-alkyl or cyclic N) is 1. The van der Waals surface area contributed by atoms with Gasteiger partial charge in [-0.1, -0.05) is 57.2 Å². The van der Waals surface area contributed by atoms with Crippen LogP contribution in [0.1, 0.15) is 64.3 Å². The Kier molecular flexibility index (Phi) is 11.4. The first-order valence-corrected chi connectivity index (χ1v) is 19.0. The Bertz CT molecular complexity index is 1970. The Hall–Kier alpha value is -5.28. The predicted molar refractivity (Wildman–Crippen MR) is 207 cm³/mol. The van der Waals surface area contributed by atoms with Crippen molar-refractivity contribution in [2.24, 2.45) is 5.41 Å². The topological polar surface area (TPSA) is 196 Å². The number of nitrogens with zero attached hydrogens (tertiary/aromatic N) is 5. The van der Waals surface area contributed by atoms with Gasteiger partial charge in [0.15, 0.2) is 5.82 Å². The van der Waals surface area contributed by atoms with E-state index in [0.29, 0.717) is 42.9 Å². The highest BCUT2D eigenvalue weighted by Crippen LogP contribution is 2.33. The predicted octanol–water partition coefficient (Wildman–Crippen LogP) is 4.81. The number of aromatic nitrogens is 3. The Morgan fingerprint density at radius 1 is 1.04 bits per heavy atom. The van der Waals surface area contributed by atoms with Crippen LogP contribution in [0.4, 0.5) is 16.3 Å². The molecule has 286 valence electrons. The molecule has 0 aliphatic carbocycles. The number of nitrogen functional groups attached to an aromatic ring is 1. The van der Waals surface area contributed by atoms with Crippen molar-refractivity contribution >= 4 is 40.7 Å². The van der Waals surface area contributed by atoms with Gasteiger partial charge in [0.05, 0.1) is 39.6 Å². The third kappa shape index (κ3) is 8.57. The molecule has 2 saturated heterocycles. The number of aromatic hydroxyl groups is 1. The van der Waals surface area contributed by atoms with Crippen molar-refractivity contribution in [1.29, 1.82) is 0 Å². The number of carbonyl (C=O) groups excluding carboxylic acids is 3. The highest BCUT2D eigenvalue weighted by atomic mass is 32.1. The fourth-order valence-electron chi connectivity index (χ4n) is 7.00. The first kappa shape index (κ1) is 38.4. The van der Waals surface area contributed by atoms with E-state index < -0.39 is 41.7 Å². The number of likely N-dealkylation sites (tertiary alicyclic amines) is 1. The van der Waals surface area contributed by atoms with Crippen molar-refractivity contribution < 1.29 is 29.3 Å². The molecule has 54 heavy (non-hydrogen) atoms. The van der Waals surface area contributed by atoms with E-state index in [-0.39, 0.29) is 36.5 Å². The van der Waals surface area contributed by atoms with Crippen LogP contribution in [-0.2, 0) is 14.3 Å². The van der Waals surface area contributed by atoms with Crippen LogP contribution in [0, 0.1) is 12.3 Å². The van der Waals surface area contributed by atoms with Crippen LogP contribution >= 0.6 is 11.3 Å². The quantitative estimate of drug-likeness (QED) is 0.157. The minimum atomic E-state index is -1.03. The SMILES string of the molecule is Cc1ncsc1-c1ccc([C@H](C)NC(=O)[C@@H]2C[C@@H](O)CN2C(=O)[C@@H](NC(=O)OC2CCN(c3cc(-c4ccccc4O)nnc3N)CC2)C(C)(C)C)cc1. The lowest BCUT2D eigenvalue weighted by atomic mass is 9.85. The Balaban J connectivity index is 1.06. The number of ether oxygens (including phenoxy) is 1. The number of aliphatic hydroxyl groups is 1. The number of hydrogen-bond acceptors (Lipinski definition) is 12. The summed E-state index contributed by atoms with van der Waals surface area (Å²) in [6.45, 7) is 10.3. The molecule has 15 heteroatoms. The number of nitrogens with one attached hydrogen (secondary N) is 2. The van der Waals surface area contributed by atoms with Gasteiger partial charge in [-0.3, -0.25) is 9.59 Å². The molecule has 0 saturated carbocycles.